The second-order valence-electron chi connectivity index (χ2n) is 7.09. The lowest BCUT2D eigenvalue weighted by molar-refractivity contribution is -0.159. The standard InChI is InChI=1S/C22H22FN3O4S/c1-26(28)21(27)4-2-3-15-13-20(16-7-11-19(12-8-16)31(24,29)30)22(25-14-15)17-5-9-18(23)10-6-17/h5-14,28H,2-4H2,1H3,(H2,24,29,30). The molecule has 0 aliphatic heterocycles. The average Bonchev–Trinajstić information content (AvgIpc) is 2.73. The van der Waals surface area contributed by atoms with Crippen molar-refractivity contribution in [3.05, 3.63) is 72.2 Å². The van der Waals surface area contributed by atoms with Crippen LogP contribution in [0.3, 0.4) is 0 Å². The minimum Gasteiger partial charge on any atom is -0.286 e. The number of aryl methyl sites for hydroxylation is 1. The summed E-state index contributed by atoms with van der Waals surface area (Å²) >= 11 is 0. The topological polar surface area (TPSA) is 114 Å². The summed E-state index contributed by atoms with van der Waals surface area (Å²) in [6.07, 6.45) is 2.95. The van der Waals surface area contributed by atoms with E-state index in [0.29, 0.717) is 34.7 Å². The van der Waals surface area contributed by atoms with Crippen LogP contribution < -0.4 is 5.14 Å². The molecule has 0 saturated heterocycles. The van der Waals surface area contributed by atoms with Crippen molar-refractivity contribution < 1.29 is 22.8 Å². The summed E-state index contributed by atoms with van der Waals surface area (Å²) in [5.74, 6) is -0.743. The first-order valence-corrected chi connectivity index (χ1v) is 11.0. The largest absolute Gasteiger partial charge is 0.286 e. The third-order valence-corrected chi connectivity index (χ3v) is 5.70. The van der Waals surface area contributed by atoms with Gasteiger partial charge in [-0.05, 0) is 66.4 Å². The van der Waals surface area contributed by atoms with Crippen molar-refractivity contribution in [2.24, 2.45) is 5.14 Å². The predicted octanol–water partition coefficient (Wildman–Crippen LogP) is 3.37. The van der Waals surface area contributed by atoms with E-state index in [1.165, 1.54) is 31.3 Å². The van der Waals surface area contributed by atoms with Crippen molar-refractivity contribution in [3.63, 3.8) is 0 Å². The van der Waals surface area contributed by atoms with Crippen LogP contribution in [0, 0.1) is 5.82 Å². The summed E-state index contributed by atoms with van der Waals surface area (Å²) in [5, 5.41) is 14.9. The molecule has 162 valence electrons. The lowest BCUT2D eigenvalue weighted by Gasteiger charge is -2.13. The molecule has 3 rings (SSSR count). The molecule has 0 fully saturated rings. The number of benzene rings is 2. The number of halogens is 1. The van der Waals surface area contributed by atoms with Crippen LogP contribution in [0.2, 0.25) is 0 Å². The second-order valence-corrected chi connectivity index (χ2v) is 8.65. The molecule has 9 heteroatoms. The zero-order chi connectivity index (χ0) is 22.6. The molecule has 0 aliphatic rings. The first kappa shape index (κ1) is 22.5. The maximum absolute atomic E-state index is 13.4. The van der Waals surface area contributed by atoms with Crippen molar-refractivity contribution >= 4 is 15.9 Å². The molecule has 0 bridgehead atoms. The van der Waals surface area contributed by atoms with Crippen LogP contribution in [0.5, 0.6) is 0 Å². The number of rotatable bonds is 7. The average molecular weight is 444 g/mol. The number of nitrogens with zero attached hydrogens (tertiary/aromatic N) is 2. The molecule has 0 aliphatic carbocycles. The Bertz CT molecular complexity index is 1180. The van der Waals surface area contributed by atoms with Gasteiger partial charge in [-0.15, -0.1) is 0 Å². The number of sulfonamides is 1. The molecular weight excluding hydrogens is 421 g/mol. The van der Waals surface area contributed by atoms with Gasteiger partial charge in [-0.3, -0.25) is 15.0 Å². The molecule has 1 aromatic heterocycles. The SMILES string of the molecule is CN(O)C(=O)CCCc1cnc(-c2ccc(F)cc2)c(-c2ccc(S(N)(=O)=O)cc2)c1. The molecule has 0 spiro atoms. The zero-order valence-electron chi connectivity index (χ0n) is 16.8. The highest BCUT2D eigenvalue weighted by Crippen LogP contribution is 2.32. The summed E-state index contributed by atoms with van der Waals surface area (Å²) in [7, 11) is -2.54. The number of carbonyl (C=O) groups is 1. The summed E-state index contributed by atoms with van der Waals surface area (Å²) in [6, 6.07) is 13.9. The minimum absolute atomic E-state index is 0.00432. The van der Waals surface area contributed by atoms with Crippen molar-refractivity contribution in [1.82, 2.24) is 10.0 Å². The second kappa shape index (κ2) is 9.34. The van der Waals surface area contributed by atoms with Crippen LogP contribution in [-0.4, -0.2) is 36.6 Å². The number of hydrogen-bond acceptors (Lipinski definition) is 5. The summed E-state index contributed by atoms with van der Waals surface area (Å²) in [6.45, 7) is 0. The van der Waals surface area contributed by atoms with Crippen molar-refractivity contribution in [2.45, 2.75) is 24.2 Å². The predicted molar refractivity (Wildman–Crippen MR) is 114 cm³/mol. The highest BCUT2D eigenvalue weighted by molar-refractivity contribution is 7.89. The molecule has 0 unspecified atom stereocenters. The van der Waals surface area contributed by atoms with Gasteiger partial charge in [0.25, 0.3) is 0 Å². The fourth-order valence-corrected chi connectivity index (χ4v) is 3.65. The van der Waals surface area contributed by atoms with E-state index in [0.717, 1.165) is 11.1 Å². The van der Waals surface area contributed by atoms with Gasteiger partial charge in [0, 0.05) is 30.8 Å². The van der Waals surface area contributed by atoms with Gasteiger partial charge in [0.15, 0.2) is 0 Å². The van der Waals surface area contributed by atoms with Crippen molar-refractivity contribution in [2.75, 3.05) is 7.05 Å². The van der Waals surface area contributed by atoms with Crippen LogP contribution in [0.4, 0.5) is 4.39 Å². The van der Waals surface area contributed by atoms with Crippen LogP contribution in [-0.2, 0) is 21.2 Å². The van der Waals surface area contributed by atoms with E-state index in [9.17, 15) is 17.6 Å². The van der Waals surface area contributed by atoms with Gasteiger partial charge in [0.2, 0.25) is 15.9 Å². The van der Waals surface area contributed by atoms with E-state index in [2.05, 4.69) is 4.98 Å². The van der Waals surface area contributed by atoms with Gasteiger partial charge in [0.05, 0.1) is 10.6 Å². The molecule has 7 nitrogen and oxygen atoms in total. The Kier molecular flexibility index (Phi) is 6.79. The number of hydroxylamine groups is 2. The Morgan fingerprint density at radius 1 is 1.10 bits per heavy atom. The van der Waals surface area contributed by atoms with Crippen LogP contribution in [0.1, 0.15) is 18.4 Å². The Morgan fingerprint density at radius 3 is 2.29 bits per heavy atom. The van der Waals surface area contributed by atoms with E-state index in [4.69, 9.17) is 10.3 Å². The molecule has 0 radical (unpaired) electrons. The highest BCUT2D eigenvalue weighted by atomic mass is 32.2. The first-order chi connectivity index (χ1) is 14.6. The number of amides is 1. The molecule has 31 heavy (non-hydrogen) atoms. The molecule has 1 heterocycles. The number of nitrogens with two attached hydrogens (primary N) is 1. The lowest BCUT2D eigenvalue weighted by atomic mass is 9.96. The zero-order valence-corrected chi connectivity index (χ0v) is 17.6. The molecule has 0 saturated carbocycles. The van der Waals surface area contributed by atoms with E-state index in [-0.39, 0.29) is 23.0 Å². The Balaban J connectivity index is 1.98. The third kappa shape index (κ3) is 5.72. The van der Waals surface area contributed by atoms with Gasteiger partial charge < -0.3 is 0 Å². The Hall–Kier alpha value is -3.14. The molecule has 3 N–H and O–H groups in total. The minimum atomic E-state index is -3.82. The van der Waals surface area contributed by atoms with Gasteiger partial charge in [-0.1, -0.05) is 12.1 Å². The first-order valence-electron chi connectivity index (χ1n) is 9.48. The molecule has 3 aromatic rings. The maximum atomic E-state index is 13.4. The van der Waals surface area contributed by atoms with E-state index in [1.54, 1.807) is 30.5 Å². The van der Waals surface area contributed by atoms with Crippen LogP contribution >= 0.6 is 0 Å². The highest BCUT2D eigenvalue weighted by Gasteiger charge is 2.14. The fourth-order valence-electron chi connectivity index (χ4n) is 3.13. The van der Waals surface area contributed by atoms with E-state index < -0.39 is 10.0 Å². The van der Waals surface area contributed by atoms with E-state index >= 15 is 0 Å². The molecule has 1 amide bonds. The van der Waals surface area contributed by atoms with Gasteiger partial charge in [-0.25, -0.2) is 23.0 Å². The van der Waals surface area contributed by atoms with Crippen LogP contribution in [0.25, 0.3) is 22.4 Å². The van der Waals surface area contributed by atoms with Crippen molar-refractivity contribution in [3.8, 4) is 22.4 Å². The van der Waals surface area contributed by atoms with Crippen molar-refractivity contribution in [1.29, 1.82) is 0 Å². The van der Waals surface area contributed by atoms with Gasteiger partial charge >= 0.3 is 0 Å². The number of carbonyl (C=O) groups excluding carboxylic acids is 1. The summed E-state index contributed by atoms with van der Waals surface area (Å²) in [4.78, 5) is 16.1. The number of aromatic nitrogens is 1. The van der Waals surface area contributed by atoms with Gasteiger partial charge in [-0.2, -0.15) is 0 Å². The lowest BCUT2D eigenvalue weighted by Crippen LogP contribution is -2.22. The Morgan fingerprint density at radius 2 is 1.71 bits per heavy atom. The van der Waals surface area contributed by atoms with Crippen LogP contribution in [0.15, 0.2) is 65.7 Å². The summed E-state index contributed by atoms with van der Waals surface area (Å²) < 4.78 is 36.5. The molecule has 2 aromatic carbocycles. The maximum Gasteiger partial charge on any atom is 0.245 e. The fraction of sp³-hybridized carbons (Fsp3) is 0.182. The number of primary sulfonamides is 1. The Labute approximate surface area is 180 Å². The smallest absolute Gasteiger partial charge is 0.245 e. The number of pyridine rings is 1. The third-order valence-electron chi connectivity index (χ3n) is 4.77. The van der Waals surface area contributed by atoms with E-state index in [1.807, 2.05) is 6.07 Å². The normalized spacial score (nSPS) is 11.4. The summed E-state index contributed by atoms with van der Waals surface area (Å²) in [5.41, 5.74) is 3.63. The molecule has 0 atom stereocenters. The van der Waals surface area contributed by atoms with Gasteiger partial charge in [0.1, 0.15) is 5.82 Å². The quantitative estimate of drug-likeness (QED) is 0.429. The monoisotopic (exact) mass is 443 g/mol. The molecular formula is C22H22FN3O4S. The number of hydrogen-bond donors (Lipinski definition) is 2.